The third-order valence-electron chi connectivity index (χ3n) is 12.6. The molecule has 2 aromatic heterocycles. The summed E-state index contributed by atoms with van der Waals surface area (Å²) in [4.78, 5) is 68.6. The number of aliphatic hydroxyl groups is 2. The van der Waals surface area contributed by atoms with Gasteiger partial charge in [0.05, 0.1) is 48.8 Å². The van der Waals surface area contributed by atoms with E-state index in [9.17, 15) is 29.4 Å². The molecule has 0 atom stereocenters. The summed E-state index contributed by atoms with van der Waals surface area (Å²) in [6, 6.07) is 10.2. The molecule has 6 heterocycles. The summed E-state index contributed by atoms with van der Waals surface area (Å²) in [5.41, 5.74) is 6.23. The maximum absolute atomic E-state index is 13.7. The Bertz CT molecular complexity index is 2450. The highest BCUT2D eigenvalue weighted by Crippen LogP contribution is 2.43. The molecule has 0 aliphatic carbocycles. The van der Waals surface area contributed by atoms with Gasteiger partial charge in [0, 0.05) is 103 Å². The number of hydrogen-bond donors (Lipinski definition) is 2. The van der Waals surface area contributed by atoms with E-state index in [0.717, 1.165) is 0 Å². The average molecular weight is 1010 g/mol. The highest BCUT2D eigenvalue weighted by Gasteiger charge is 2.42. The van der Waals surface area contributed by atoms with Gasteiger partial charge in [0.1, 0.15) is 11.2 Å². The van der Waals surface area contributed by atoms with E-state index in [1.807, 2.05) is 65.2 Å². The highest BCUT2D eigenvalue weighted by atomic mass is 35.5. The highest BCUT2D eigenvalue weighted by molar-refractivity contribution is 6.37. The lowest BCUT2D eigenvalue weighted by molar-refractivity contribution is 0.0134. The van der Waals surface area contributed by atoms with Crippen molar-refractivity contribution in [3.8, 4) is 22.3 Å². The number of carbonyl (C=O) groups is 4. The number of halogens is 4. The normalized spacial score (nSPS) is 16.7. The van der Waals surface area contributed by atoms with Gasteiger partial charge >= 0.3 is 12.2 Å². The second-order valence-electron chi connectivity index (χ2n) is 19.6. The zero-order valence-corrected chi connectivity index (χ0v) is 42.7. The quantitative estimate of drug-likeness (QED) is 0.190. The Morgan fingerprint density at radius 1 is 0.603 bits per heavy atom. The second kappa shape index (κ2) is 20.3. The number of fused-ring (bicyclic) bond motifs is 2. The topological polar surface area (TPSA) is 166 Å². The van der Waals surface area contributed by atoms with Gasteiger partial charge in [0.25, 0.3) is 11.8 Å². The van der Waals surface area contributed by atoms with Gasteiger partial charge < -0.3 is 39.3 Å². The predicted octanol–water partition coefficient (Wildman–Crippen LogP) is 10.4. The number of hydrogen-bond acceptors (Lipinski definition) is 10. The minimum Gasteiger partial charge on any atom is -0.444 e. The van der Waals surface area contributed by atoms with Crippen LogP contribution in [0.3, 0.4) is 0 Å². The van der Waals surface area contributed by atoms with E-state index in [1.54, 1.807) is 46.2 Å². The van der Waals surface area contributed by atoms with Gasteiger partial charge in [-0.3, -0.25) is 19.6 Å². The zero-order chi connectivity index (χ0) is 49.6. The van der Waals surface area contributed by atoms with Crippen molar-refractivity contribution < 1.29 is 38.9 Å². The molecular weight excluding hydrogens is 954 g/mol. The lowest BCUT2D eigenvalue weighted by atomic mass is 9.93. The molecule has 4 aliphatic rings. The van der Waals surface area contributed by atoms with Crippen LogP contribution in [0.25, 0.3) is 22.3 Å². The number of amides is 4. The van der Waals surface area contributed by atoms with E-state index >= 15 is 0 Å². The van der Waals surface area contributed by atoms with E-state index in [-0.39, 0.29) is 49.3 Å². The molecule has 2 saturated heterocycles. The number of piperidine rings is 2. The summed E-state index contributed by atoms with van der Waals surface area (Å²) >= 11 is 25.2. The number of pyridine rings is 2. The third kappa shape index (κ3) is 10.9. The predicted molar refractivity (Wildman–Crippen MR) is 262 cm³/mol. The van der Waals surface area contributed by atoms with E-state index in [4.69, 9.17) is 55.9 Å². The molecule has 0 bridgehead atoms. The molecule has 4 aromatic rings. The summed E-state index contributed by atoms with van der Waals surface area (Å²) < 4.78 is 11.0. The Kier molecular flexibility index (Phi) is 15.3. The van der Waals surface area contributed by atoms with Crippen LogP contribution in [-0.2, 0) is 35.8 Å². The van der Waals surface area contributed by atoms with Gasteiger partial charge in [-0.1, -0.05) is 58.5 Å². The van der Waals surface area contributed by atoms with Gasteiger partial charge in [-0.15, -0.1) is 0 Å². The second-order valence-corrected chi connectivity index (χ2v) is 21.3. The lowest BCUT2D eigenvalue weighted by Gasteiger charge is -2.37. The first-order valence-electron chi connectivity index (χ1n) is 22.7. The van der Waals surface area contributed by atoms with E-state index < -0.39 is 11.2 Å². The largest absolute Gasteiger partial charge is 0.444 e. The first-order chi connectivity index (χ1) is 32.0. The molecular formula is C50H58Cl4N6O8. The fourth-order valence-electron chi connectivity index (χ4n) is 9.38. The summed E-state index contributed by atoms with van der Waals surface area (Å²) in [6.07, 6.45) is 1.96. The van der Waals surface area contributed by atoms with E-state index in [2.05, 4.69) is 9.97 Å². The standard InChI is InChI=1S/2C25H29Cl2N3O4/c2*1-14-18(13-31)21(17-6-5-15(26)11-19(17)27)22-20(28-14)12-30(23(22)32)16-7-9-29(10-8-16)24(33)34-25(2,3)4/h2*5-6,11,16,31H,7-10,12-13H2,1-4H3. The Labute approximate surface area is 417 Å². The molecule has 68 heavy (non-hydrogen) atoms. The molecule has 2 N–H and O–H groups in total. The number of aromatic nitrogens is 2. The van der Waals surface area contributed by atoms with Crippen molar-refractivity contribution in [3.63, 3.8) is 0 Å². The zero-order valence-electron chi connectivity index (χ0n) is 39.6. The van der Waals surface area contributed by atoms with Crippen LogP contribution in [0.4, 0.5) is 9.59 Å². The maximum atomic E-state index is 13.7. The van der Waals surface area contributed by atoms with Gasteiger partial charge in [0.15, 0.2) is 0 Å². The van der Waals surface area contributed by atoms with Crippen LogP contribution < -0.4 is 0 Å². The van der Waals surface area contributed by atoms with Crippen LogP contribution in [0.5, 0.6) is 0 Å². The summed E-state index contributed by atoms with van der Waals surface area (Å²) in [7, 11) is 0. The van der Waals surface area contributed by atoms with Crippen molar-refractivity contribution >= 4 is 70.4 Å². The number of benzene rings is 2. The van der Waals surface area contributed by atoms with Gasteiger partial charge in [-0.25, -0.2) is 9.59 Å². The Morgan fingerprint density at radius 2 is 0.941 bits per heavy atom. The van der Waals surface area contributed by atoms with Crippen LogP contribution in [0.1, 0.15) is 122 Å². The first kappa shape index (κ1) is 51.2. The SMILES string of the molecule is Cc1nc2c(c(-c3ccc(Cl)cc3Cl)c1CO)C(=O)N(C1CCN(C(=O)OC(C)(C)C)CC1)C2.Cc1nc2c(c(-c3ccc(Cl)cc3Cl)c1CO)C(=O)N(C1CCN(C(=O)OC(C)(C)C)CC1)C2. The minimum absolute atomic E-state index is 0.0215. The van der Waals surface area contributed by atoms with Crippen LogP contribution >= 0.6 is 46.4 Å². The number of rotatable bonds is 6. The van der Waals surface area contributed by atoms with Crippen molar-refractivity contribution in [1.82, 2.24) is 29.6 Å². The molecule has 18 heteroatoms. The monoisotopic (exact) mass is 1010 g/mol. The summed E-state index contributed by atoms with van der Waals surface area (Å²) in [5.74, 6) is -0.261. The molecule has 0 spiro atoms. The molecule has 0 radical (unpaired) electrons. The van der Waals surface area contributed by atoms with Crippen LogP contribution in [0, 0.1) is 13.8 Å². The molecule has 4 aliphatic heterocycles. The van der Waals surface area contributed by atoms with Gasteiger partial charge in [0.2, 0.25) is 0 Å². The molecule has 14 nitrogen and oxygen atoms in total. The van der Waals surface area contributed by atoms with Crippen LogP contribution in [-0.4, -0.2) is 113 Å². The fourth-order valence-corrected chi connectivity index (χ4v) is 10.4. The number of ether oxygens (including phenoxy) is 2. The summed E-state index contributed by atoms with van der Waals surface area (Å²) in [6.45, 7) is 17.0. The Hall–Kier alpha value is -4.70. The smallest absolute Gasteiger partial charge is 0.410 e. The Morgan fingerprint density at radius 3 is 1.24 bits per heavy atom. The molecule has 8 rings (SSSR count). The minimum atomic E-state index is -0.548. The first-order valence-corrected chi connectivity index (χ1v) is 24.3. The summed E-state index contributed by atoms with van der Waals surface area (Å²) in [5, 5.41) is 22.0. The van der Waals surface area contributed by atoms with E-state index in [1.165, 1.54) is 0 Å². The fraction of sp³-hybridized carbons (Fsp3) is 0.480. The molecule has 2 aromatic carbocycles. The van der Waals surface area contributed by atoms with Crippen molar-refractivity contribution in [2.24, 2.45) is 0 Å². The van der Waals surface area contributed by atoms with Gasteiger partial charge in [-0.2, -0.15) is 0 Å². The number of nitrogens with zero attached hydrogens (tertiary/aromatic N) is 6. The van der Waals surface area contributed by atoms with Crippen molar-refractivity contribution in [1.29, 1.82) is 0 Å². The molecule has 0 unspecified atom stereocenters. The number of aryl methyl sites for hydroxylation is 2. The molecule has 0 saturated carbocycles. The number of carbonyl (C=O) groups excluding carboxylic acids is 4. The molecule has 2 fully saturated rings. The van der Waals surface area contributed by atoms with Crippen molar-refractivity contribution in [2.75, 3.05) is 26.2 Å². The Balaban J connectivity index is 0.000000201. The average Bonchev–Trinajstić information content (AvgIpc) is 3.76. The molecule has 4 amide bonds. The lowest BCUT2D eigenvalue weighted by Crippen LogP contribution is -2.48. The van der Waals surface area contributed by atoms with Crippen LogP contribution in [0.2, 0.25) is 20.1 Å². The van der Waals surface area contributed by atoms with Crippen molar-refractivity contribution in [3.05, 3.63) is 102 Å². The number of aliphatic hydroxyl groups excluding tert-OH is 2. The van der Waals surface area contributed by atoms with Crippen molar-refractivity contribution in [2.45, 2.75) is 131 Å². The third-order valence-corrected chi connectivity index (χ3v) is 13.7. The molecule has 364 valence electrons. The number of likely N-dealkylation sites (tertiary alicyclic amines) is 2. The van der Waals surface area contributed by atoms with Gasteiger partial charge in [-0.05, 0) is 105 Å². The van der Waals surface area contributed by atoms with E-state index in [0.29, 0.717) is 152 Å². The van der Waals surface area contributed by atoms with Crippen LogP contribution in [0.15, 0.2) is 36.4 Å². The maximum Gasteiger partial charge on any atom is 0.410 e.